The van der Waals surface area contributed by atoms with E-state index in [2.05, 4.69) is 10.3 Å². The quantitative estimate of drug-likeness (QED) is 0.577. The third kappa shape index (κ3) is 5.55. The fourth-order valence-electron chi connectivity index (χ4n) is 2.02. The molecule has 0 radical (unpaired) electrons. The van der Waals surface area contributed by atoms with Crippen molar-refractivity contribution >= 4 is 12.0 Å². The van der Waals surface area contributed by atoms with Gasteiger partial charge in [0.2, 0.25) is 0 Å². The van der Waals surface area contributed by atoms with Crippen molar-refractivity contribution in [3.63, 3.8) is 0 Å². The number of amides is 2. The van der Waals surface area contributed by atoms with Crippen LogP contribution in [-0.4, -0.2) is 39.8 Å². The van der Waals surface area contributed by atoms with Crippen LogP contribution in [0.2, 0.25) is 0 Å². The van der Waals surface area contributed by atoms with Crippen LogP contribution >= 0.6 is 0 Å². The van der Waals surface area contributed by atoms with E-state index in [1.54, 1.807) is 0 Å². The molecule has 0 spiro atoms. The van der Waals surface area contributed by atoms with Crippen molar-refractivity contribution < 1.29 is 24.5 Å². The standard InChI is InChI=1S/C17H19N3O5/c18-16(23)13-8-4-7-12(20-13)15(22)14(21)9-19-17(24)25-10-11-5-2-1-3-6-11/h1-8,14-15,21-22H,9-10H2,(H2,18,23)(H,19,24). The summed E-state index contributed by atoms with van der Waals surface area (Å²) in [6.07, 6.45) is -3.46. The second-order valence-corrected chi connectivity index (χ2v) is 5.27. The lowest BCUT2D eigenvalue weighted by atomic mass is 10.1. The van der Waals surface area contributed by atoms with Crippen LogP contribution in [0.5, 0.6) is 0 Å². The molecule has 2 rings (SSSR count). The molecule has 0 aliphatic rings. The molecule has 2 atom stereocenters. The van der Waals surface area contributed by atoms with Gasteiger partial charge in [0, 0.05) is 6.54 Å². The number of hydrogen-bond donors (Lipinski definition) is 4. The Morgan fingerprint density at radius 1 is 1.12 bits per heavy atom. The number of aliphatic hydroxyl groups excluding tert-OH is 2. The molecule has 0 saturated carbocycles. The first kappa shape index (κ1) is 18.4. The molecule has 2 unspecified atom stereocenters. The number of aromatic nitrogens is 1. The number of carbonyl (C=O) groups excluding carboxylic acids is 2. The normalized spacial score (nSPS) is 12.9. The highest BCUT2D eigenvalue weighted by molar-refractivity contribution is 5.90. The van der Waals surface area contributed by atoms with Crippen LogP contribution in [0.15, 0.2) is 48.5 Å². The van der Waals surface area contributed by atoms with Crippen LogP contribution in [-0.2, 0) is 11.3 Å². The van der Waals surface area contributed by atoms with E-state index in [0.717, 1.165) is 5.56 Å². The van der Waals surface area contributed by atoms with Crippen LogP contribution in [0.25, 0.3) is 0 Å². The summed E-state index contributed by atoms with van der Waals surface area (Å²) in [5, 5.41) is 22.4. The predicted octanol–water partition coefficient (Wildman–Crippen LogP) is 0.501. The third-order valence-corrected chi connectivity index (χ3v) is 3.36. The van der Waals surface area contributed by atoms with Crippen molar-refractivity contribution in [2.45, 2.75) is 18.8 Å². The Bertz CT molecular complexity index is 723. The van der Waals surface area contributed by atoms with E-state index in [1.807, 2.05) is 30.3 Å². The molecule has 5 N–H and O–H groups in total. The highest BCUT2D eigenvalue weighted by atomic mass is 16.5. The second-order valence-electron chi connectivity index (χ2n) is 5.27. The van der Waals surface area contributed by atoms with Gasteiger partial charge in [-0.05, 0) is 17.7 Å². The maximum Gasteiger partial charge on any atom is 0.407 e. The highest BCUT2D eigenvalue weighted by Crippen LogP contribution is 2.14. The van der Waals surface area contributed by atoms with Crippen LogP contribution in [0, 0.1) is 0 Å². The molecule has 25 heavy (non-hydrogen) atoms. The van der Waals surface area contributed by atoms with Gasteiger partial charge in [-0.25, -0.2) is 9.78 Å². The largest absolute Gasteiger partial charge is 0.445 e. The maximum absolute atomic E-state index is 11.6. The lowest BCUT2D eigenvalue weighted by Crippen LogP contribution is -2.36. The molecule has 1 aromatic carbocycles. The number of nitrogens with one attached hydrogen (secondary N) is 1. The molecule has 1 heterocycles. The zero-order valence-corrected chi connectivity index (χ0v) is 13.3. The van der Waals surface area contributed by atoms with Crippen molar-refractivity contribution in [1.29, 1.82) is 0 Å². The number of carbonyl (C=O) groups is 2. The predicted molar refractivity (Wildman–Crippen MR) is 88.4 cm³/mol. The fourth-order valence-corrected chi connectivity index (χ4v) is 2.02. The Hall–Kier alpha value is -2.97. The molecule has 2 amide bonds. The Balaban J connectivity index is 1.82. The van der Waals surface area contributed by atoms with Gasteiger partial charge in [-0.1, -0.05) is 36.4 Å². The minimum Gasteiger partial charge on any atom is -0.445 e. The molecule has 132 valence electrons. The summed E-state index contributed by atoms with van der Waals surface area (Å²) >= 11 is 0. The summed E-state index contributed by atoms with van der Waals surface area (Å²) < 4.78 is 4.99. The van der Waals surface area contributed by atoms with E-state index in [-0.39, 0.29) is 24.5 Å². The molecular weight excluding hydrogens is 326 g/mol. The number of benzene rings is 1. The average molecular weight is 345 g/mol. The summed E-state index contributed by atoms with van der Waals surface area (Å²) in [5.74, 6) is -0.744. The van der Waals surface area contributed by atoms with Gasteiger partial charge in [0.1, 0.15) is 24.5 Å². The van der Waals surface area contributed by atoms with Gasteiger partial charge in [0.25, 0.3) is 5.91 Å². The van der Waals surface area contributed by atoms with Gasteiger partial charge in [-0.3, -0.25) is 4.79 Å². The molecule has 0 aliphatic carbocycles. The van der Waals surface area contributed by atoms with Crippen LogP contribution < -0.4 is 11.1 Å². The lowest BCUT2D eigenvalue weighted by molar-refractivity contribution is 0.0158. The van der Waals surface area contributed by atoms with Gasteiger partial charge in [-0.15, -0.1) is 0 Å². The monoisotopic (exact) mass is 345 g/mol. The van der Waals surface area contributed by atoms with Crippen molar-refractivity contribution in [2.24, 2.45) is 5.73 Å². The molecular formula is C17H19N3O5. The molecule has 8 heteroatoms. The Labute approximate surface area is 144 Å². The number of alkyl carbamates (subject to hydrolysis) is 1. The van der Waals surface area contributed by atoms with Crippen molar-refractivity contribution in [3.8, 4) is 0 Å². The zero-order valence-electron chi connectivity index (χ0n) is 13.3. The highest BCUT2D eigenvalue weighted by Gasteiger charge is 2.21. The Morgan fingerprint density at radius 2 is 1.84 bits per heavy atom. The van der Waals surface area contributed by atoms with E-state index in [4.69, 9.17) is 10.5 Å². The zero-order chi connectivity index (χ0) is 18.2. The van der Waals surface area contributed by atoms with Gasteiger partial charge in [-0.2, -0.15) is 0 Å². The van der Waals surface area contributed by atoms with Crippen LogP contribution in [0.1, 0.15) is 27.8 Å². The summed E-state index contributed by atoms with van der Waals surface area (Å²) in [6.45, 7) is -0.162. The Morgan fingerprint density at radius 3 is 2.52 bits per heavy atom. The van der Waals surface area contributed by atoms with Gasteiger partial charge >= 0.3 is 6.09 Å². The molecule has 8 nitrogen and oxygen atoms in total. The molecule has 0 bridgehead atoms. The number of ether oxygens (including phenoxy) is 1. The van der Waals surface area contributed by atoms with Gasteiger partial charge in [0.05, 0.1) is 5.69 Å². The van der Waals surface area contributed by atoms with E-state index >= 15 is 0 Å². The summed E-state index contributed by atoms with van der Waals surface area (Å²) in [6, 6.07) is 13.4. The number of primary amides is 1. The number of rotatable bonds is 7. The first-order chi connectivity index (χ1) is 12.0. The second kappa shape index (κ2) is 8.76. The number of nitrogens with zero attached hydrogens (tertiary/aromatic N) is 1. The summed E-state index contributed by atoms with van der Waals surface area (Å²) in [7, 11) is 0. The topological polar surface area (TPSA) is 135 Å². The van der Waals surface area contributed by atoms with E-state index in [1.165, 1.54) is 18.2 Å². The molecule has 0 fully saturated rings. The van der Waals surface area contributed by atoms with E-state index in [0.29, 0.717) is 0 Å². The van der Waals surface area contributed by atoms with Crippen molar-refractivity contribution in [1.82, 2.24) is 10.3 Å². The average Bonchev–Trinajstić information content (AvgIpc) is 2.64. The number of nitrogens with two attached hydrogens (primary N) is 1. The van der Waals surface area contributed by atoms with E-state index < -0.39 is 24.2 Å². The molecule has 1 aromatic heterocycles. The van der Waals surface area contributed by atoms with Crippen molar-refractivity contribution in [3.05, 3.63) is 65.5 Å². The van der Waals surface area contributed by atoms with Crippen molar-refractivity contribution in [2.75, 3.05) is 6.54 Å². The minimum absolute atomic E-state index is 0.0287. The smallest absolute Gasteiger partial charge is 0.407 e. The Kier molecular flexibility index (Phi) is 6.44. The fraction of sp³-hybridized carbons (Fsp3) is 0.235. The van der Waals surface area contributed by atoms with Gasteiger partial charge in [0.15, 0.2) is 0 Å². The van der Waals surface area contributed by atoms with Crippen LogP contribution in [0.3, 0.4) is 0 Å². The first-order valence-corrected chi connectivity index (χ1v) is 7.55. The van der Waals surface area contributed by atoms with Crippen LogP contribution in [0.4, 0.5) is 4.79 Å². The van der Waals surface area contributed by atoms with Gasteiger partial charge < -0.3 is 26.0 Å². The number of aliphatic hydroxyl groups is 2. The molecule has 0 saturated heterocycles. The minimum atomic E-state index is -1.39. The summed E-state index contributed by atoms with van der Waals surface area (Å²) in [4.78, 5) is 26.6. The number of pyridine rings is 1. The summed E-state index contributed by atoms with van der Waals surface area (Å²) in [5.41, 5.74) is 5.99. The maximum atomic E-state index is 11.6. The number of hydrogen-bond acceptors (Lipinski definition) is 6. The molecule has 0 aliphatic heterocycles. The third-order valence-electron chi connectivity index (χ3n) is 3.36. The lowest BCUT2D eigenvalue weighted by Gasteiger charge is -2.18. The molecule has 2 aromatic rings. The SMILES string of the molecule is NC(=O)c1cccc(C(O)C(O)CNC(=O)OCc2ccccc2)n1. The first-order valence-electron chi connectivity index (χ1n) is 7.55. The van der Waals surface area contributed by atoms with E-state index in [9.17, 15) is 19.8 Å².